The van der Waals surface area contributed by atoms with Crippen molar-refractivity contribution in [3.8, 4) is 0 Å². The summed E-state index contributed by atoms with van der Waals surface area (Å²) in [5, 5.41) is 9.04. The lowest BCUT2D eigenvalue weighted by atomic mass is 10.2. The third-order valence-electron chi connectivity index (χ3n) is 3.51. The van der Waals surface area contributed by atoms with E-state index >= 15 is 0 Å². The number of hydrogen-bond donors (Lipinski definition) is 1. The van der Waals surface area contributed by atoms with Crippen LogP contribution in [-0.4, -0.2) is 79.2 Å². The number of hydrogen-bond acceptors (Lipinski definition) is 5. The molecule has 20 heavy (non-hydrogen) atoms. The Labute approximate surface area is 117 Å². The smallest absolute Gasteiger partial charge is 0.328 e. The van der Waals surface area contributed by atoms with E-state index in [-0.39, 0.29) is 37.8 Å². The van der Waals surface area contributed by atoms with Crippen molar-refractivity contribution in [3.63, 3.8) is 0 Å². The number of amides is 1. The van der Waals surface area contributed by atoms with E-state index < -0.39 is 22.0 Å². The molecule has 0 saturated carbocycles. The summed E-state index contributed by atoms with van der Waals surface area (Å²) in [5.74, 6) is -1.33. The van der Waals surface area contributed by atoms with Crippen LogP contribution in [0.2, 0.25) is 0 Å². The predicted octanol–water partition coefficient (Wildman–Crippen LogP) is -1.28. The number of aliphatic carboxylic acids is 1. The van der Waals surface area contributed by atoms with Crippen LogP contribution in [0.3, 0.4) is 0 Å². The van der Waals surface area contributed by atoms with Gasteiger partial charge in [-0.25, -0.2) is 17.5 Å². The van der Waals surface area contributed by atoms with Crippen LogP contribution in [0.5, 0.6) is 0 Å². The van der Waals surface area contributed by atoms with Gasteiger partial charge in [0.05, 0.1) is 19.0 Å². The first-order chi connectivity index (χ1) is 9.42. The molecule has 0 radical (unpaired) electrons. The summed E-state index contributed by atoms with van der Waals surface area (Å²) < 4.78 is 29.6. The maximum absolute atomic E-state index is 12.1. The van der Waals surface area contributed by atoms with E-state index in [9.17, 15) is 18.0 Å². The van der Waals surface area contributed by atoms with Crippen LogP contribution in [0.25, 0.3) is 0 Å². The summed E-state index contributed by atoms with van der Waals surface area (Å²) >= 11 is 0. The summed E-state index contributed by atoms with van der Waals surface area (Å²) in [6.45, 7) is 1.05. The molecule has 1 amide bonds. The first-order valence-corrected chi connectivity index (χ1v) is 8.10. The molecule has 2 saturated heterocycles. The van der Waals surface area contributed by atoms with E-state index in [1.807, 2.05) is 0 Å². The highest BCUT2D eigenvalue weighted by molar-refractivity contribution is 7.89. The molecular weight excluding hydrogens is 288 g/mol. The standard InChI is InChI=1S/C11H18N2O6S/c14-10(2-4-12-3-1-7-20(12,17)18)13-5-6-19-8-9(13)11(15)16/h9H,1-8H2,(H,15,16). The highest BCUT2D eigenvalue weighted by Crippen LogP contribution is 2.15. The second-order valence-corrected chi connectivity index (χ2v) is 6.92. The molecule has 2 heterocycles. The van der Waals surface area contributed by atoms with Gasteiger partial charge in [-0.3, -0.25) is 4.79 Å². The Bertz CT molecular complexity index is 491. The second-order valence-electron chi connectivity index (χ2n) is 4.83. The quantitative estimate of drug-likeness (QED) is 0.694. The Hall–Kier alpha value is -1.19. The minimum atomic E-state index is -3.22. The lowest BCUT2D eigenvalue weighted by Gasteiger charge is -2.33. The van der Waals surface area contributed by atoms with Crippen molar-refractivity contribution in [3.05, 3.63) is 0 Å². The Morgan fingerprint density at radius 1 is 1.30 bits per heavy atom. The van der Waals surface area contributed by atoms with Crippen LogP contribution < -0.4 is 0 Å². The third kappa shape index (κ3) is 3.28. The van der Waals surface area contributed by atoms with Gasteiger partial charge in [-0.15, -0.1) is 0 Å². The monoisotopic (exact) mass is 306 g/mol. The van der Waals surface area contributed by atoms with Crippen LogP contribution in [0.15, 0.2) is 0 Å². The van der Waals surface area contributed by atoms with Crippen LogP contribution in [0.4, 0.5) is 0 Å². The van der Waals surface area contributed by atoms with Gasteiger partial charge in [-0.05, 0) is 6.42 Å². The van der Waals surface area contributed by atoms with Gasteiger partial charge >= 0.3 is 5.97 Å². The molecule has 0 aliphatic carbocycles. The SMILES string of the molecule is O=C(O)C1COCCN1C(=O)CCN1CCCS1(=O)=O. The van der Waals surface area contributed by atoms with Gasteiger partial charge in [-0.2, -0.15) is 0 Å². The molecule has 8 nitrogen and oxygen atoms in total. The third-order valence-corrected chi connectivity index (χ3v) is 5.47. The van der Waals surface area contributed by atoms with E-state index in [1.54, 1.807) is 0 Å². The number of carboxylic acids is 1. The number of ether oxygens (including phenoxy) is 1. The molecule has 1 N–H and O–H groups in total. The molecular formula is C11H18N2O6S. The van der Waals surface area contributed by atoms with Crippen molar-refractivity contribution in [2.75, 3.05) is 38.6 Å². The topological polar surface area (TPSA) is 104 Å². The highest BCUT2D eigenvalue weighted by atomic mass is 32.2. The average molecular weight is 306 g/mol. The van der Waals surface area contributed by atoms with Crippen molar-refractivity contribution < 1.29 is 27.9 Å². The fraction of sp³-hybridized carbons (Fsp3) is 0.818. The highest BCUT2D eigenvalue weighted by Gasteiger charge is 2.34. The van der Waals surface area contributed by atoms with E-state index in [0.29, 0.717) is 19.6 Å². The summed E-state index contributed by atoms with van der Waals surface area (Å²) in [6, 6.07) is -0.980. The number of carbonyl (C=O) groups is 2. The van der Waals surface area contributed by atoms with Gasteiger partial charge in [0.1, 0.15) is 0 Å². The van der Waals surface area contributed by atoms with E-state index in [1.165, 1.54) is 9.21 Å². The Morgan fingerprint density at radius 3 is 2.65 bits per heavy atom. The van der Waals surface area contributed by atoms with Crippen molar-refractivity contribution in [2.24, 2.45) is 0 Å². The number of nitrogens with zero attached hydrogens (tertiary/aromatic N) is 2. The lowest BCUT2D eigenvalue weighted by molar-refractivity contribution is -0.158. The molecule has 2 aliphatic heterocycles. The lowest BCUT2D eigenvalue weighted by Crippen LogP contribution is -2.53. The molecule has 0 bridgehead atoms. The predicted molar refractivity (Wildman–Crippen MR) is 68.5 cm³/mol. The zero-order chi connectivity index (χ0) is 14.8. The minimum Gasteiger partial charge on any atom is -0.480 e. The van der Waals surface area contributed by atoms with Crippen LogP contribution in [0.1, 0.15) is 12.8 Å². The summed E-state index contributed by atoms with van der Waals surface area (Å²) in [6.07, 6.45) is 0.578. The molecule has 2 fully saturated rings. The van der Waals surface area contributed by atoms with Crippen molar-refractivity contribution in [1.29, 1.82) is 0 Å². The zero-order valence-electron chi connectivity index (χ0n) is 11.0. The van der Waals surface area contributed by atoms with Gasteiger partial charge in [0.15, 0.2) is 6.04 Å². The van der Waals surface area contributed by atoms with Crippen molar-refractivity contribution >= 4 is 21.9 Å². The molecule has 0 aromatic heterocycles. The Balaban J connectivity index is 1.92. The molecule has 0 aromatic rings. The zero-order valence-corrected chi connectivity index (χ0v) is 11.8. The molecule has 2 rings (SSSR count). The number of sulfonamides is 1. The molecule has 0 aromatic carbocycles. The van der Waals surface area contributed by atoms with Crippen LogP contribution in [0, 0.1) is 0 Å². The fourth-order valence-corrected chi connectivity index (χ4v) is 3.94. The molecule has 1 unspecified atom stereocenters. The van der Waals surface area contributed by atoms with Gasteiger partial charge in [0.25, 0.3) is 0 Å². The normalized spacial score (nSPS) is 26.6. The Morgan fingerprint density at radius 2 is 2.05 bits per heavy atom. The van der Waals surface area contributed by atoms with E-state index in [2.05, 4.69) is 0 Å². The molecule has 1 atom stereocenters. The summed E-state index contributed by atoms with van der Waals surface area (Å²) in [7, 11) is -3.22. The molecule has 0 spiro atoms. The molecule has 114 valence electrons. The fourth-order valence-electron chi connectivity index (χ4n) is 2.41. The first-order valence-electron chi connectivity index (χ1n) is 6.49. The van der Waals surface area contributed by atoms with Crippen molar-refractivity contribution in [2.45, 2.75) is 18.9 Å². The number of rotatable bonds is 4. The molecule has 2 aliphatic rings. The second kappa shape index (κ2) is 6.06. The van der Waals surface area contributed by atoms with E-state index in [4.69, 9.17) is 9.84 Å². The Kier molecular flexibility index (Phi) is 4.61. The number of carbonyl (C=O) groups excluding carboxylic acids is 1. The maximum atomic E-state index is 12.1. The average Bonchev–Trinajstić information content (AvgIpc) is 2.75. The van der Waals surface area contributed by atoms with Gasteiger partial charge < -0.3 is 14.7 Å². The maximum Gasteiger partial charge on any atom is 0.328 e. The van der Waals surface area contributed by atoms with Crippen LogP contribution in [-0.2, 0) is 24.3 Å². The first kappa shape index (κ1) is 15.2. The van der Waals surface area contributed by atoms with Gasteiger partial charge in [-0.1, -0.05) is 0 Å². The van der Waals surface area contributed by atoms with Crippen LogP contribution >= 0.6 is 0 Å². The van der Waals surface area contributed by atoms with Gasteiger partial charge in [0.2, 0.25) is 15.9 Å². The molecule has 9 heteroatoms. The minimum absolute atomic E-state index is 0.00299. The van der Waals surface area contributed by atoms with E-state index in [0.717, 1.165) is 0 Å². The summed E-state index contributed by atoms with van der Waals surface area (Å²) in [4.78, 5) is 24.4. The largest absolute Gasteiger partial charge is 0.480 e. The van der Waals surface area contributed by atoms with Crippen molar-refractivity contribution in [1.82, 2.24) is 9.21 Å². The number of carboxylic acid groups (broad SMARTS) is 1. The van der Waals surface area contributed by atoms with Gasteiger partial charge in [0, 0.05) is 26.1 Å². The number of morpholine rings is 1. The summed E-state index contributed by atoms with van der Waals surface area (Å²) in [5.41, 5.74) is 0.